The van der Waals surface area contributed by atoms with Gasteiger partial charge in [-0.25, -0.2) is 0 Å². The summed E-state index contributed by atoms with van der Waals surface area (Å²) >= 11 is 3.46. The highest BCUT2D eigenvalue weighted by atomic mass is 32.1. The van der Waals surface area contributed by atoms with E-state index >= 15 is 0 Å². The Labute approximate surface area is 150 Å². The van der Waals surface area contributed by atoms with E-state index in [1.807, 2.05) is 12.1 Å². The molecular weight excluding hydrogens is 334 g/mol. The van der Waals surface area contributed by atoms with Crippen molar-refractivity contribution in [1.82, 2.24) is 4.90 Å². The van der Waals surface area contributed by atoms with E-state index in [-0.39, 0.29) is 5.91 Å². The Morgan fingerprint density at radius 3 is 2.50 bits per heavy atom. The first kappa shape index (κ1) is 15.6. The predicted octanol–water partition coefficient (Wildman–Crippen LogP) is 5.32. The van der Waals surface area contributed by atoms with Crippen LogP contribution in [0.3, 0.4) is 0 Å². The highest BCUT2D eigenvalue weighted by Gasteiger charge is 2.32. The fraction of sp³-hybridized carbons (Fsp3) is 0.250. The number of hydrogen-bond acceptors (Lipinski definition) is 3. The van der Waals surface area contributed by atoms with Crippen molar-refractivity contribution < 1.29 is 4.79 Å². The van der Waals surface area contributed by atoms with Gasteiger partial charge < -0.3 is 4.90 Å². The summed E-state index contributed by atoms with van der Waals surface area (Å²) in [6, 6.07) is 14.8. The van der Waals surface area contributed by atoms with Crippen molar-refractivity contribution in [3.8, 4) is 11.1 Å². The fourth-order valence-electron chi connectivity index (χ4n) is 2.92. The van der Waals surface area contributed by atoms with Crippen molar-refractivity contribution in [1.29, 1.82) is 0 Å². The van der Waals surface area contributed by atoms with Crippen molar-refractivity contribution in [2.75, 3.05) is 6.54 Å². The van der Waals surface area contributed by atoms with Crippen molar-refractivity contribution in [2.45, 2.75) is 25.3 Å². The normalized spacial score (nSPS) is 13.8. The molecule has 3 aromatic rings. The molecule has 1 aromatic carbocycles. The highest BCUT2D eigenvalue weighted by molar-refractivity contribution is 7.09. The second-order valence-electron chi connectivity index (χ2n) is 6.15. The molecular formula is C20H19NOS2. The van der Waals surface area contributed by atoms with E-state index in [4.69, 9.17) is 0 Å². The Kier molecular flexibility index (Phi) is 4.50. The molecule has 1 aliphatic rings. The Hall–Kier alpha value is -1.91. The van der Waals surface area contributed by atoms with Crippen LogP contribution in [0.4, 0.5) is 0 Å². The number of benzene rings is 1. The topological polar surface area (TPSA) is 20.3 Å². The van der Waals surface area contributed by atoms with Crippen LogP contribution in [0.15, 0.2) is 58.6 Å². The molecule has 2 aromatic heterocycles. The Bertz CT molecular complexity index is 787. The van der Waals surface area contributed by atoms with Crippen LogP contribution < -0.4 is 0 Å². The standard InChI is InChI=1S/C20H19NOS2/c22-20(16-5-3-15(4-6-16)17-10-13-23-14-17)21(18-7-8-18)11-9-19-2-1-12-24-19/h1-6,10,12-14,18H,7-9,11H2. The summed E-state index contributed by atoms with van der Waals surface area (Å²) in [5, 5.41) is 6.31. The van der Waals surface area contributed by atoms with Crippen molar-refractivity contribution in [2.24, 2.45) is 0 Å². The second kappa shape index (κ2) is 6.91. The number of hydrogen-bond donors (Lipinski definition) is 0. The van der Waals surface area contributed by atoms with Crippen LogP contribution in [0.25, 0.3) is 11.1 Å². The van der Waals surface area contributed by atoms with E-state index in [1.165, 1.54) is 16.0 Å². The summed E-state index contributed by atoms with van der Waals surface area (Å²) < 4.78 is 0. The zero-order valence-corrected chi connectivity index (χ0v) is 15.0. The van der Waals surface area contributed by atoms with Gasteiger partial charge in [-0.15, -0.1) is 11.3 Å². The van der Waals surface area contributed by atoms with E-state index in [2.05, 4.69) is 51.4 Å². The van der Waals surface area contributed by atoms with E-state index < -0.39 is 0 Å². The van der Waals surface area contributed by atoms with E-state index in [9.17, 15) is 4.79 Å². The molecule has 0 atom stereocenters. The molecule has 0 N–H and O–H groups in total. The molecule has 24 heavy (non-hydrogen) atoms. The minimum atomic E-state index is 0.172. The molecule has 4 rings (SSSR count). The fourth-order valence-corrected chi connectivity index (χ4v) is 4.28. The van der Waals surface area contributed by atoms with Crippen molar-refractivity contribution in [3.63, 3.8) is 0 Å². The third-order valence-electron chi connectivity index (χ3n) is 4.41. The Balaban J connectivity index is 1.48. The average molecular weight is 354 g/mol. The molecule has 4 heteroatoms. The zero-order chi connectivity index (χ0) is 16.4. The number of amides is 1. The summed E-state index contributed by atoms with van der Waals surface area (Å²) in [6.45, 7) is 0.816. The lowest BCUT2D eigenvalue weighted by molar-refractivity contribution is 0.0745. The summed E-state index contributed by atoms with van der Waals surface area (Å²) in [7, 11) is 0. The molecule has 122 valence electrons. The van der Waals surface area contributed by atoms with Crippen molar-refractivity contribution >= 4 is 28.6 Å². The van der Waals surface area contributed by atoms with Gasteiger partial charge in [0, 0.05) is 23.0 Å². The largest absolute Gasteiger partial charge is 0.335 e. The van der Waals surface area contributed by atoms with Gasteiger partial charge in [-0.2, -0.15) is 11.3 Å². The number of nitrogens with zero attached hydrogens (tertiary/aromatic N) is 1. The van der Waals surface area contributed by atoms with Gasteiger partial charge in [-0.3, -0.25) is 4.79 Å². The molecule has 0 spiro atoms. The van der Waals surface area contributed by atoms with Crippen LogP contribution in [0, 0.1) is 0 Å². The van der Waals surface area contributed by atoms with Gasteiger partial charge in [0.1, 0.15) is 0 Å². The van der Waals surface area contributed by atoms with Gasteiger partial charge >= 0.3 is 0 Å². The quantitative estimate of drug-likeness (QED) is 0.587. The predicted molar refractivity (Wildman–Crippen MR) is 102 cm³/mol. The number of rotatable bonds is 6. The number of carbonyl (C=O) groups excluding carboxylic acids is 1. The Morgan fingerprint density at radius 2 is 1.88 bits per heavy atom. The van der Waals surface area contributed by atoms with Crippen LogP contribution in [-0.4, -0.2) is 23.4 Å². The van der Waals surface area contributed by atoms with Gasteiger partial charge in [0.25, 0.3) is 5.91 Å². The molecule has 2 nitrogen and oxygen atoms in total. The first-order valence-corrected chi connectivity index (χ1v) is 10.1. The maximum Gasteiger partial charge on any atom is 0.254 e. The van der Waals surface area contributed by atoms with Gasteiger partial charge in [0.15, 0.2) is 0 Å². The van der Waals surface area contributed by atoms with Crippen LogP contribution in [0.2, 0.25) is 0 Å². The number of thiophene rings is 2. The van der Waals surface area contributed by atoms with Gasteiger partial charge in [0.2, 0.25) is 0 Å². The molecule has 2 heterocycles. The SMILES string of the molecule is O=C(c1ccc(-c2ccsc2)cc1)N(CCc1cccs1)C1CC1. The van der Waals surface area contributed by atoms with E-state index in [0.717, 1.165) is 31.4 Å². The minimum Gasteiger partial charge on any atom is -0.335 e. The van der Waals surface area contributed by atoms with Crippen LogP contribution in [0.5, 0.6) is 0 Å². The maximum absolute atomic E-state index is 12.9. The molecule has 0 aliphatic heterocycles. The van der Waals surface area contributed by atoms with Crippen molar-refractivity contribution in [3.05, 3.63) is 69.0 Å². The first-order valence-electron chi connectivity index (χ1n) is 8.27. The lowest BCUT2D eigenvalue weighted by atomic mass is 10.1. The molecule has 0 bridgehead atoms. The van der Waals surface area contributed by atoms with Gasteiger partial charge in [-0.05, 0) is 70.8 Å². The van der Waals surface area contributed by atoms with Gasteiger partial charge in [-0.1, -0.05) is 18.2 Å². The minimum absolute atomic E-state index is 0.172. The van der Waals surface area contributed by atoms with E-state index in [1.54, 1.807) is 22.7 Å². The number of carbonyl (C=O) groups is 1. The maximum atomic E-state index is 12.9. The molecule has 0 saturated heterocycles. The average Bonchev–Trinajstić information content (AvgIpc) is 3.10. The lowest BCUT2D eigenvalue weighted by Gasteiger charge is -2.22. The highest BCUT2D eigenvalue weighted by Crippen LogP contribution is 2.29. The van der Waals surface area contributed by atoms with Crippen LogP contribution in [0.1, 0.15) is 28.1 Å². The molecule has 0 radical (unpaired) electrons. The van der Waals surface area contributed by atoms with Crippen LogP contribution >= 0.6 is 22.7 Å². The van der Waals surface area contributed by atoms with Crippen LogP contribution in [-0.2, 0) is 6.42 Å². The Morgan fingerprint density at radius 1 is 1.04 bits per heavy atom. The molecule has 0 unspecified atom stereocenters. The third kappa shape index (κ3) is 3.45. The molecule has 1 aliphatic carbocycles. The first-order chi connectivity index (χ1) is 11.8. The summed E-state index contributed by atoms with van der Waals surface area (Å²) in [5.41, 5.74) is 3.19. The third-order valence-corrected chi connectivity index (χ3v) is 6.03. The molecule has 1 fully saturated rings. The smallest absolute Gasteiger partial charge is 0.254 e. The second-order valence-corrected chi connectivity index (χ2v) is 7.96. The van der Waals surface area contributed by atoms with E-state index in [0.29, 0.717) is 6.04 Å². The summed E-state index contributed by atoms with van der Waals surface area (Å²) in [6.07, 6.45) is 3.24. The monoisotopic (exact) mass is 353 g/mol. The zero-order valence-electron chi connectivity index (χ0n) is 13.4. The summed E-state index contributed by atoms with van der Waals surface area (Å²) in [4.78, 5) is 16.3. The lowest BCUT2D eigenvalue weighted by Crippen LogP contribution is -2.34. The van der Waals surface area contributed by atoms with Gasteiger partial charge in [0.05, 0.1) is 0 Å². The molecule has 1 amide bonds. The summed E-state index contributed by atoms with van der Waals surface area (Å²) in [5.74, 6) is 0.172. The molecule has 1 saturated carbocycles.